The van der Waals surface area contributed by atoms with Gasteiger partial charge in [0.2, 0.25) is 17.4 Å². The Hall–Kier alpha value is -1.76. The van der Waals surface area contributed by atoms with Crippen molar-refractivity contribution in [1.29, 1.82) is 0 Å². The highest BCUT2D eigenvalue weighted by Crippen LogP contribution is 2.42. The number of hydrogen-bond acceptors (Lipinski definition) is 9. The van der Waals surface area contributed by atoms with Crippen molar-refractivity contribution in [2.75, 3.05) is 6.61 Å². The van der Waals surface area contributed by atoms with E-state index in [0.717, 1.165) is 14.7 Å². The minimum atomic E-state index is -1.57. The lowest BCUT2D eigenvalue weighted by Gasteiger charge is -2.39. The molecule has 6 atom stereocenters. The first-order valence-corrected chi connectivity index (χ1v) is 9.47. The highest BCUT2D eigenvalue weighted by Gasteiger charge is 2.57. The van der Waals surface area contributed by atoms with E-state index >= 15 is 0 Å². The lowest BCUT2D eigenvalue weighted by Crippen LogP contribution is -2.56. The number of carbonyl (C=O) groups excluding carboxylic acids is 3. The summed E-state index contributed by atoms with van der Waals surface area (Å²) in [6.45, 7) is 2.99. The molecule has 29 heavy (non-hydrogen) atoms. The maximum absolute atomic E-state index is 12.5. The Morgan fingerprint density at radius 3 is 2.14 bits per heavy atom. The fraction of sp³-hybridized carbons (Fsp3) is 0.625. The number of amides is 2. The van der Waals surface area contributed by atoms with Crippen LogP contribution in [0.1, 0.15) is 20.8 Å². The number of allylic oxidation sites excluding steroid dienone is 1. The summed E-state index contributed by atoms with van der Waals surface area (Å²) in [6.07, 6.45) is -6.94. The molecule has 0 aromatic heterocycles. The van der Waals surface area contributed by atoms with Crippen LogP contribution in [0.2, 0.25) is 0 Å². The van der Waals surface area contributed by atoms with Gasteiger partial charge in [-0.05, 0) is 6.92 Å². The predicted molar refractivity (Wildman–Crippen MR) is 99.1 cm³/mol. The molecule has 3 heterocycles. The first kappa shape index (κ1) is 21.9. The summed E-state index contributed by atoms with van der Waals surface area (Å²) < 4.78 is 5.56. The molecule has 1 saturated heterocycles. The van der Waals surface area contributed by atoms with Gasteiger partial charge < -0.3 is 20.1 Å². The SMILES string of the molecule is CC(=O)C1N(C(C)=O)C2=C(N(C(C)=O)C(Cl)N=C2Cl)N1[C@@H]1O[C@H](CO)[C@@H](O)[C@H]1O. The van der Waals surface area contributed by atoms with E-state index in [1.54, 1.807) is 0 Å². The smallest absolute Gasteiger partial charge is 0.227 e. The molecule has 0 spiro atoms. The Balaban J connectivity index is 2.23. The van der Waals surface area contributed by atoms with E-state index in [1.807, 2.05) is 0 Å². The van der Waals surface area contributed by atoms with Crippen LogP contribution in [-0.4, -0.2) is 95.7 Å². The van der Waals surface area contributed by atoms with Crippen molar-refractivity contribution in [3.63, 3.8) is 0 Å². The topological polar surface area (TPSA) is 143 Å². The molecule has 3 aliphatic heterocycles. The Labute approximate surface area is 175 Å². The van der Waals surface area contributed by atoms with Gasteiger partial charge in [0.25, 0.3) is 0 Å². The molecule has 3 aliphatic rings. The van der Waals surface area contributed by atoms with E-state index < -0.39 is 60.5 Å². The number of hydrogen-bond donors (Lipinski definition) is 3. The van der Waals surface area contributed by atoms with Crippen LogP contribution in [0.3, 0.4) is 0 Å². The second kappa shape index (κ2) is 7.82. The number of nitrogens with zero attached hydrogens (tertiary/aromatic N) is 4. The average molecular weight is 451 g/mol. The molecule has 0 radical (unpaired) electrons. The lowest BCUT2D eigenvalue weighted by atomic mass is 10.1. The molecular weight excluding hydrogens is 431 g/mol. The molecule has 2 unspecified atom stereocenters. The number of ether oxygens (including phenoxy) is 1. The fourth-order valence-electron chi connectivity index (χ4n) is 3.71. The van der Waals surface area contributed by atoms with E-state index in [9.17, 15) is 29.7 Å². The quantitative estimate of drug-likeness (QED) is 0.355. The predicted octanol–water partition coefficient (Wildman–Crippen LogP) is -1.30. The van der Waals surface area contributed by atoms with Gasteiger partial charge in [0.05, 0.1) is 6.61 Å². The van der Waals surface area contributed by atoms with Crippen molar-refractivity contribution in [1.82, 2.24) is 14.7 Å². The largest absolute Gasteiger partial charge is 0.394 e. The second-order valence-electron chi connectivity index (χ2n) is 6.80. The monoisotopic (exact) mass is 450 g/mol. The summed E-state index contributed by atoms with van der Waals surface area (Å²) in [6, 6.07) is 0. The van der Waals surface area contributed by atoms with Crippen LogP contribution in [0.25, 0.3) is 0 Å². The third-order valence-electron chi connectivity index (χ3n) is 4.90. The second-order valence-corrected chi connectivity index (χ2v) is 7.55. The molecule has 0 aromatic rings. The number of carbonyl (C=O) groups is 3. The number of aliphatic hydroxyl groups excluding tert-OH is 3. The average Bonchev–Trinajstić information content (AvgIpc) is 3.11. The molecule has 11 nitrogen and oxygen atoms in total. The normalized spacial score (nSPS) is 34.5. The Morgan fingerprint density at radius 2 is 1.69 bits per heavy atom. The lowest BCUT2D eigenvalue weighted by molar-refractivity contribution is -0.153. The molecule has 0 bridgehead atoms. The number of rotatable bonds is 3. The van der Waals surface area contributed by atoms with Gasteiger partial charge in [0.1, 0.15) is 29.8 Å². The van der Waals surface area contributed by atoms with E-state index in [-0.39, 0.29) is 16.7 Å². The number of aliphatic imine (C=N–C) groups is 1. The molecule has 3 N–H and O–H groups in total. The van der Waals surface area contributed by atoms with Gasteiger partial charge in [0.15, 0.2) is 23.3 Å². The molecule has 1 fully saturated rings. The van der Waals surface area contributed by atoms with Crippen molar-refractivity contribution in [2.24, 2.45) is 4.99 Å². The summed E-state index contributed by atoms with van der Waals surface area (Å²) >= 11 is 12.4. The van der Waals surface area contributed by atoms with E-state index in [2.05, 4.69) is 4.99 Å². The molecule has 2 amide bonds. The van der Waals surface area contributed by atoms with Gasteiger partial charge >= 0.3 is 0 Å². The van der Waals surface area contributed by atoms with Gasteiger partial charge in [0, 0.05) is 13.8 Å². The van der Waals surface area contributed by atoms with Crippen LogP contribution in [0.15, 0.2) is 16.5 Å². The van der Waals surface area contributed by atoms with Crippen LogP contribution in [-0.2, 0) is 19.1 Å². The van der Waals surface area contributed by atoms with Crippen molar-refractivity contribution < 1.29 is 34.4 Å². The van der Waals surface area contributed by atoms with Crippen molar-refractivity contribution in [3.8, 4) is 0 Å². The third kappa shape index (κ3) is 3.31. The van der Waals surface area contributed by atoms with E-state index in [1.165, 1.54) is 20.8 Å². The van der Waals surface area contributed by atoms with Crippen LogP contribution < -0.4 is 0 Å². The minimum absolute atomic E-state index is 0.0517. The zero-order valence-electron chi connectivity index (χ0n) is 15.7. The van der Waals surface area contributed by atoms with E-state index in [0.29, 0.717) is 0 Å². The molecular formula is C16H20Cl2N4O7. The molecule has 0 aliphatic carbocycles. The summed E-state index contributed by atoms with van der Waals surface area (Å²) in [4.78, 5) is 44.4. The third-order valence-corrected chi connectivity index (χ3v) is 5.46. The first-order valence-electron chi connectivity index (χ1n) is 8.65. The molecule has 0 saturated carbocycles. The summed E-state index contributed by atoms with van der Waals surface area (Å²) in [5.74, 6) is -1.76. The summed E-state index contributed by atoms with van der Waals surface area (Å²) in [7, 11) is 0. The van der Waals surface area contributed by atoms with Gasteiger partial charge in [-0.25, -0.2) is 4.99 Å². The Bertz CT molecular complexity index is 819. The number of Topliss-reactive ketones (excluding diaryl/α,β-unsaturated/α-hetero) is 1. The van der Waals surface area contributed by atoms with Crippen molar-refractivity contribution in [2.45, 2.75) is 57.1 Å². The number of aliphatic hydroxyl groups is 3. The number of halogens is 2. The highest BCUT2D eigenvalue weighted by molar-refractivity contribution is 6.70. The van der Waals surface area contributed by atoms with Gasteiger partial charge in [-0.15, -0.1) is 0 Å². The first-order chi connectivity index (χ1) is 13.5. The van der Waals surface area contributed by atoms with Crippen LogP contribution >= 0.6 is 23.2 Å². The van der Waals surface area contributed by atoms with Gasteiger partial charge in [-0.1, -0.05) is 23.2 Å². The fourth-order valence-corrected chi connectivity index (χ4v) is 4.36. The molecule has 160 valence electrons. The van der Waals surface area contributed by atoms with Crippen LogP contribution in [0.4, 0.5) is 0 Å². The molecule has 0 aromatic carbocycles. The minimum Gasteiger partial charge on any atom is -0.394 e. The van der Waals surface area contributed by atoms with Gasteiger partial charge in [-0.2, -0.15) is 0 Å². The standard InChI is InChI=1S/C16H20Cl2N4O7/c1-5(24)13-20(6(2)25)9-12(17)19-16(18)21(7(3)26)14(9)22(13)15-11(28)10(27)8(4-23)29-15/h8,10-11,13,15-16,23,27-28H,4H2,1-3H3/t8-,10-,11-,13?,15-,16?/m1/s1. The number of alkyl halides is 1. The zero-order valence-corrected chi connectivity index (χ0v) is 17.2. The number of ketones is 1. The molecule has 13 heteroatoms. The van der Waals surface area contributed by atoms with Crippen LogP contribution in [0.5, 0.6) is 0 Å². The molecule has 3 rings (SSSR count). The Morgan fingerprint density at radius 1 is 1.10 bits per heavy atom. The maximum Gasteiger partial charge on any atom is 0.227 e. The highest BCUT2D eigenvalue weighted by atomic mass is 35.5. The maximum atomic E-state index is 12.5. The van der Waals surface area contributed by atoms with Gasteiger partial charge in [-0.3, -0.25) is 29.1 Å². The van der Waals surface area contributed by atoms with Crippen molar-refractivity contribution in [3.05, 3.63) is 11.5 Å². The van der Waals surface area contributed by atoms with Crippen molar-refractivity contribution >= 4 is 46.0 Å². The summed E-state index contributed by atoms with van der Waals surface area (Å²) in [5.41, 5.74) is -1.33. The zero-order chi connectivity index (χ0) is 21.8. The Kier molecular flexibility index (Phi) is 5.91. The van der Waals surface area contributed by atoms with E-state index in [4.69, 9.17) is 27.9 Å². The van der Waals surface area contributed by atoms with Crippen LogP contribution in [0, 0.1) is 0 Å². The summed E-state index contributed by atoms with van der Waals surface area (Å²) in [5, 5.41) is 29.9.